The molecule has 0 radical (unpaired) electrons. The van der Waals surface area contributed by atoms with Gasteiger partial charge in [-0.3, -0.25) is 4.79 Å². The number of aliphatic hydroxyl groups is 5. The van der Waals surface area contributed by atoms with E-state index >= 15 is 0 Å². The van der Waals surface area contributed by atoms with E-state index in [4.69, 9.17) is 9.47 Å². The van der Waals surface area contributed by atoms with Gasteiger partial charge in [0, 0.05) is 6.42 Å². The molecule has 9 heteroatoms. The Balaban J connectivity index is 2.23. The highest BCUT2D eigenvalue weighted by Gasteiger charge is 2.44. The van der Waals surface area contributed by atoms with E-state index in [2.05, 4.69) is 55.6 Å². The lowest BCUT2D eigenvalue weighted by molar-refractivity contribution is -0.302. The first-order chi connectivity index (χ1) is 34.8. The summed E-state index contributed by atoms with van der Waals surface area (Å²) in [6, 6.07) is -0.824. The van der Waals surface area contributed by atoms with Crippen LogP contribution in [0, 0.1) is 0 Å². The summed E-state index contributed by atoms with van der Waals surface area (Å²) in [4.78, 5) is 13.1. The zero-order valence-electron chi connectivity index (χ0n) is 46.2. The Morgan fingerprint density at radius 1 is 0.479 bits per heavy atom. The minimum atomic E-state index is -1.57. The van der Waals surface area contributed by atoms with Crippen molar-refractivity contribution in [1.29, 1.82) is 0 Å². The average Bonchev–Trinajstić information content (AvgIpc) is 3.37. The van der Waals surface area contributed by atoms with Crippen molar-refractivity contribution < 1.29 is 39.8 Å². The van der Waals surface area contributed by atoms with Crippen LogP contribution in [0.4, 0.5) is 0 Å². The lowest BCUT2D eigenvalue weighted by atomic mass is 9.99. The SMILES string of the molecule is CCCCCCC/C=C\C/C=C\CCCCCCCCCCCCCCCC(=O)NC(COC1OC(CO)C(O)C(O)C1O)C(O)/C=C/CC/C=C/CCCCCCCCCCCCCCCCCCC. The molecule has 71 heavy (non-hydrogen) atoms. The largest absolute Gasteiger partial charge is 0.394 e. The van der Waals surface area contributed by atoms with Crippen molar-refractivity contribution in [3.05, 3.63) is 48.6 Å². The molecular weight excluding hydrogens is 887 g/mol. The van der Waals surface area contributed by atoms with Crippen molar-refractivity contribution >= 4 is 5.91 Å². The summed E-state index contributed by atoms with van der Waals surface area (Å²) >= 11 is 0. The van der Waals surface area contributed by atoms with E-state index in [1.54, 1.807) is 6.08 Å². The molecule has 9 nitrogen and oxygen atoms in total. The Morgan fingerprint density at radius 2 is 0.845 bits per heavy atom. The van der Waals surface area contributed by atoms with Crippen LogP contribution < -0.4 is 5.32 Å². The summed E-state index contributed by atoms with van der Waals surface area (Å²) in [6.07, 6.45) is 61.8. The zero-order chi connectivity index (χ0) is 51.5. The molecule has 0 spiro atoms. The third kappa shape index (κ3) is 41.1. The quantitative estimate of drug-likeness (QED) is 0.0261. The number of unbranched alkanes of at least 4 members (excludes halogenated alkanes) is 36. The molecule has 0 aromatic heterocycles. The predicted molar refractivity (Wildman–Crippen MR) is 299 cm³/mol. The molecular formula is C62H115NO8. The van der Waals surface area contributed by atoms with Crippen LogP contribution >= 0.6 is 0 Å². The molecule has 0 bridgehead atoms. The molecule has 7 unspecified atom stereocenters. The second-order valence-electron chi connectivity index (χ2n) is 21.1. The van der Waals surface area contributed by atoms with Gasteiger partial charge in [0.2, 0.25) is 5.91 Å². The summed E-state index contributed by atoms with van der Waals surface area (Å²) in [6.45, 7) is 3.78. The van der Waals surface area contributed by atoms with Gasteiger partial charge in [0.1, 0.15) is 24.4 Å². The fraction of sp³-hybridized carbons (Fsp3) is 0.855. The van der Waals surface area contributed by atoms with Crippen LogP contribution in [0.2, 0.25) is 0 Å². The van der Waals surface area contributed by atoms with Gasteiger partial charge in [-0.25, -0.2) is 0 Å². The number of aliphatic hydroxyl groups excluding tert-OH is 5. The highest BCUT2D eigenvalue weighted by atomic mass is 16.7. The predicted octanol–water partition coefficient (Wildman–Crippen LogP) is 15.3. The first-order valence-electron chi connectivity index (χ1n) is 30.4. The van der Waals surface area contributed by atoms with Crippen molar-refractivity contribution in [3.8, 4) is 0 Å². The van der Waals surface area contributed by atoms with Gasteiger partial charge >= 0.3 is 0 Å². The van der Waals surface area contributed by atoms with Gasteiger partial charge in [-0.15, -0.1) is 0 Å². The Labute approximate surface area is 437 Å². The molecule has 1 aliphatic heterocycles. The molecule has 7 atom stereocenters. The third-order valence-electron chi connectivity index (χ3n) is 14.4. The molecule has 0 aliphatic carbocycles. The summed E-state index contributed by atoms with van der Waals surface area (Å²) < 4.78 is 11.3. The third-order valence-corrected chi connectivity index (χ3v) is 14.4. The maximum Gasteiger partial charge on any atom is 0.220 e. The van der Waals surface area contributed by atoms with E-state index in [1.165, 1.54) is 218 Å². The maximum absolute atomic E-state index is 13.1. The van der Waals surface area contributed by atoms with Crippen molar-refractivity contribution in [1.82, 2.24) is 5.32 Å². The van der Waals surface area contributed by atoms with E-state index in [1.807, 2.05) is 6.08 Å². The standard InChI is InChI=1S/C62H115NO8/c1-3-5-7-9-11-13-15-17-19-21-23-25-27-28-30-32-34-36-38-40-42-44-46-48-50-52-58(66)63-55(54-70-62-61(69)60(68)59(67)57(53-64)71-62)56(65)51-49-47-45-43-41-39-37-35-33-31-29-26-24-22-20-18-16-14-12-10-8-6-4-2/h15,17,21,23,41,43,49,51,55-57,59-62,64-65,67-69H,3-14,16,18-20,22,24-40,42,44-48,50,52-54H2,1-2H3,(H,63,66)/b17-15-,23-21-,43-41+,51-49+. The number of allylic oxidation sites excluding steroid dienone is 7. The van der Waals surface area contributed by atoms with Crippen molar-refractivity contribution in [2.75, 3.05) is 13.2 Å². The molecule has 0 aromatic rings. The van der Waals surface area contributed by atoms with Gasteiger partial charge in [0.15, 0.2) is 6.29 Å². The fourth-order valence-electron chi connectivity index (χ4n) is 9.56. The minimum Gasteiger partial charge on any atom is -0.394 e. The van der Waals surface area contributed by atoms with Gasteiger partial charge in [0.25, 0.3) is 0 Å². The molecule has 416 valence electrons. The zero-order valence-corrected chi connectivity index (χ0v) is 46.2. The lowest BCUT2D eigenvalue weighted by Crippen LogP contribution is -2.60. The van der Waals surface area contributed by atoms with Gasteiger partial charge in [-0.1, -0.05) is 262 Å². The summed E-state index contributed by atoms with van der Waals surface area (Å²) in [5.41, 5.74) is 0. The second-order valence-corrected chi connectivity index (χ2v) is 21.1. The average molecular weight is 1000 g/mol. The number of carbonyl (C=O) groups excluding carboxylic acids is 1. The number of hydrogen-bond acceptors (Lipinski definition) is 8. The van der Waals surface area contributed by atoms with Crippen LogP contribution in [0.25, 0.3) is 0 Å². The van der Waals surface area contributed by atoms with Crippen molar-refractivity contribution in [2.45, 2.75) is 326 Å². The van der Waals surface area contributed by atoms with E-state index in [-0.39, 0.29) is 12.5 Å². The first kappa shape index (κ1) is 67.2. The Morgan fingerprint density at radius 3 is 1.27 bits per heavy atom. The van der Waals surface area contributed by atoms with Crippen LogP contribution in [0.5, 0.6) is 0 Å². The van der Waals surface area contributed by atoms with E-state index in [0.29, 0.717) is 6.42 Å². The summed E-state index contributed by atoms with van der Waals surface area (Å²) in [5.74, 6) is -0.185. The highest BCUT2D eigenvalue weighted by molar-refractivity contribution is 5.76. The summed E-state index contributed by atoms with van der Waals surface area (Å²) in [7, 11) is 0. The molecule has 1 heterocycles. The van der Waals surface area contributed by atoms with Gasteiger partial charge < -0.3 is 40.3 Å². The van der Waals surface area contributed by atoms with Crippen LogP contribution in [0.1, 0.15) is 284 Å². The normalized spacial score (nSPS) is 19.6. The first-order valence-corrected chi connectivity index (χ1v) is 30.4. The number of carbonyl (C=O) groups is 1. The Kier molecular flexibility index (Phi) is 48.8. The van der Waals surface area contributed by atoms with E-state index in [0.717, 1.165) is 44.9 Å². The topological polar surface area (TPSA) is 149 Å². The number of ether oxygens (including phenoxy) is 2. The van der Waals surface area contributed by atoms with E-state index in [9.17, 15) is 30.3 Å². The smallest absolute Gasteiger partial charge is 0.220 e. The number of hydrogen-bond donors (Lipinski definition) is 6. The van der Waals surface area contributed by atoms with Crippen LogP contribution in [-0.4, -0.2) is 87.5 Å². The van der Waals surface area contributed by atoms with Crippen LogP contribution in [0.15, 0.2) is 48.6 Å². The fourth-order valence-corrected chi connectivity index (χ4v) is 9.56. The second kappa shape index (κ2) is 51.6. The molecule has 6 N–H and O–H groups in total. The molecule has 1 rings (SSSR count). The summed E-state index contributed by atoms with van der Waals surface area (Å²) in [5, 5.41) is 54.6. The molecule has 0 saturated carbocycles. The van der Waals surface area contributed by atoms with Crippen LogP contribution in [-0.2, 0) is 14.3 Å². The molecule has 1 fully saturated rings. The van der Waals surface area contributed by atoms with Crippen LogP contribution in [0.3, 0.4) is 0 Å². The number of rotatable bonds is 52. The van der Waals surface area contributed by atoms with Gasteiger partial charge in [-0.05, 0) is 64.2 Å². The van der Waals surface area contributed by atoms with Crippen molar-refractivity contribution in [3.63, 3.8) is 0 Å². The Bertz CT molecular complexity index is 1250. The number of amides is 1. The molecule has 1 aliphatic rings. The highest BCUT2D eigenvalue weighted by Crippen LogP contribution is 2.23. The molecule has 0 aromatic carbocycles. The van der Waals surface area contributed by atoms with E-state index < -0.39 is 49.5 Å². The van der Waals surface area contributed by atoms with Gasteiger partial charge in [-0.2, -0.15) is 0 Å². The Hall–Kier alpha value is -1.85. The maximum atomic E-state index is 13.1. The van der Waals surface area contributed by atoms with Gasteiger partial charge in [0.05, 0.1) is 25.4 Å². The van der Waals surface area contributed by atoms with Crippen molar-refractivity contribution in [2.24, 2.45) is 0 Å². The molecule has 1 amide bonds. The number of nitrogens with one attached hydrogen (secondary N) is 1. The minimum absolute atomic E-state index is 0.185. The lowest BCUT2D eigenvalue weighted by Gasteiger charge is -2.40. The molecule has 1 saturated heterocycles. The monoisotopic (exact) mass is 1000 g/mol.